The Hall–Kier alpha value is -3.69. The maximum absolute atomic E-state index is 13.1. The lowest BCUT2D eigenvalue weighted by molar-refractivity contribution is -0.137. The molecule has 33 heavy (non-hydrogen) atoms. The van der Waals surface area contributed by atoms with Crippen molar-refractivity contribution < 1.29 is 18.0 Å². The normalized spacial score (nSPS) is 11.5. The van der Waals surface area contributed by atoms with Gasteiger partial charge in [0.25, 0.3) is 11.5 Å². The first-order valence-corrected chi connectivity index (χ1v) is 10.3. The zero-order valence-corrected chi connectivity index (χ0v) is 18.4. The van der Waals surface area contributed by atoms with Crippen LogP contribution in [0.1, 0.15) is 41.0 Å². The molecule has 0 aliphatic rings. The summed E-state index contributed by atoms with van der Waals surface area (Å²) in [5.74, 6) is -0.632. The van der Waals surface area contributed by atoms with Gasteiger partial charge in [-0.25, -0.2) is 4.79 Å². The fraction of sp³-hybridized carbons (Fsp3) is 0.304. The number of hydrogen-bond acceptors (Lipinski definition) is 4. The number of amides is 1. The molecular weight excluding hydrogens is 437 g/mol. The van der Waals surface area contributed by atoms with Gasteiger partial charge in [-0.3, -0.25) is 14.2 Å². The lowest BCUT2D eigenvalue weighted by Crippen LogP contribution is -2.46. The Labute approximate surface area is 187 Å². The fourth-order valence-corrected chi connectivity index (χ4v) is 3.28. The Bertz CT molecular complexity index is 1260. The van der Waals surface area contributed by atoms with Crippen molar-refractivity contribution in [3.05, 3.63) is 91.8 Å². The monoisotopic (exact) mass is 460 g/mol. The van der Waals surface area contributed by atoms with E-state index < -0.39 is 34.6 Å². The molecule has 0 saturated heterocycles. The van der Waals surface area contributed by atoms with E-state index in [1.807, 2.05) is 6.92 Å². The molecule has 0 saturated carbocycles. The molecule has 1 heterocycles. The van der Waals surface area contributed by atoms with E-state index in [1.54, 1.807) is 38.1 Å². The first-order chi connectivity index (χ1) is 15.6. The first-order valence-electron chi connectivity index (χ1n) is 10.3. The van der Waals surface area contributed by atoms with E-state index in [4.69, 9.17) is 0 Å². The summed E-state index contributed by atoms with van der Waals surface area (Å²) in [6.07, 6.45) is -4.51. The largest absolute Gasteiger partial charge is 0.416 e. The molecule has 0 aliphatic heterocycles. The number of aromatic nitrogens is 3. The Morgan fingerprint density at radius 1 is 0.970 bits per heavy atom. The SMILES string of the molecule is CCN(CC)C(=O)c1nn(-c2ccc(C)cc2)c(=O)n(Cc2ccc(C(F)(F)F)cc2)c1=O. The van der Waals surface area contributed by atoms with Crippen LogP contribution in [0.5, 0.6) is 0 Å². The number of carbonyl (C=O) groups is 1. The number of benzene rings is 2. The summed E-state index contributed by atoms with van der Waals surface area (Å²) >= 11 is 0. The van der Waals surface area contributed by atoms with E-state index in [1.165, 1.54) is 17.0 Å². The fourth-order valence-electron chi connectivity index (χ4n) is 3.28. The smallest absolute Gasteiger partial charge is 0.338 e. The van der Waals surface area contributed by atoms with Crippen LogP contribution in [0.4, 0.5) is 13.2 Å². The second-order valence-corrected chi connectivity index (χ2v) is 7.44. The van der Waals surface area contributed by atoms with Gasteiger partial charge in [0.05, 0.1) is 17.8 Å². The van der Waals surface area contributed by atoms with Gasteiger partial charge in [-0.2, -0.15) is 23.0 Å². The average Bonchev–Trinajstić information content (AvgIpc) is 2.78. The van der Waals surface area contributed by atoms with E-state index in [-0.39, 0.29) is 6.54 Å². The summed E-state index contributed by atoms with van der Waals surface area (Å²) in [6, 6.07) is 10.9. The molecule has 0 bridgehead atoms. The van der Waals surface area contributed by atoms with Gasteiger partial charge in [0, 0.05) is 13.1 Å². The highest BCUT2D eigenvalue weighted by Crippen LogP contribution is 2.29. The van der Waals surface area contributed by atoms with E-state index in [2.05, 4.69) is 5.10 Å². The molecule has 0 atom stereocenters. The molecule has 0 N–H and O–H groups in total. The van der Waals surface area contributed by atoms with Crippen LogP contribution < -0.4 is 11.2 Å². The summed E-state index contributed by atoms with van der Waals surface area (Å²) in [7, 11) is 0. The Balaban J connectivity index is 2.17. The van der Waals surface area contributed by atoms with Crippen LogP contribution >= 0.6 is 0 Å². The number of aryl methyl sites for hydroxylation is 1. The second-order valence-electron chi connectivity index (χ2n) is 7.44. The summed E-state index contributed by atoms with van der Waals surface area (Å²) in [4.78, 5) is 40.6. The van der Waals surface area contributed by atoms with Crippen LogP contribution in [0, 0.1) is 6.92 Å². The van der Waals surface area contributed by atoms with Crippen LogP contribution in [0.3, 0.4) is 0 Å². The topological polar surface area (TPSA) is 77.2 Å². The van der Waals surface area contributed by atoms with Gasteiger partial charge < -0.3 is 4.90 Å². The molecule has 0 fully saturated rings. The molecule has 174 valence electrons. The van der Waals surface area contributed by atoms with Gasteiger partial charge in [-0.05, 0) is 50.6 Å². The molecule has 2 aromatic carbocycles. The molecule has 0 spiro atoms. The molecule has 0 radical (unpaired) electrons. The maximum atomic E-state index is 13.1. The van der Waals surface area contributed by atoms with Crippen molar-refractivity contribution >= 4 is 5.91 Å². The summed E-state index contributed by atoms with van der Waals surface area (Å²) in [6.45, 7) is 5.71. The third-order valence-corrected chi connectivity index (χ3v) is 5.21. The summed E-state index contributed by atoms with van der Waals surface area (Å²) in [5, 5.41) is 4.07. The van der Waals surface area contributed by atoms with Crippen molar-refractivity contribution in [2.75, 3.05) is 13.1 Å². The van der Waals surface area contributed by atoms with Gasteiger partial charge in [0.2, 0.25) is 5.69 Å². The zero-order chi connectivity index (χ0) is 24.3. The van der Waals surface area contributed by atoms with Gasteiger partial charge in [0.1, 0.15) is 0 Å². The zero-order valence-electron chi connectivity index (χ0n) is 18.4. The first kappa shape index (κ1) is 24.0. The number of halogens is 3. The Kier molecular flexibility index (Phi) is 6.85. The van der Waals surface area contributed by atoms with Gasteiger partial charge >= 0.3 is 11.9 Å². The molecule has 1 aromatic heterocycles. The van der Waals surface area contributed by atoms with Crippen LogP contribution in [0.2, 0.25) is 0 Å². The standard InChI is InChI=1S/C23H23F3N4O3/c1-4-28(5-2)20(31)19-21(32)29(14-16-8-10-17(11-9-16)23(24,25)26)22(33)30(27-19)18-12-6-15(3)7-13-18/h6-13H,4-5,14H2,1-3H3. The van der Waals surface area contributed by atoms with Crippen molar-refractivity contribution in [2.45, 2.75) is 33.5 Å². The molecule has 0 aliphatic carbocycles. The third-order valence-electron chi connectivity index (χ3n) is 5.21. The number of alkyl halides is 3. The van der Waals surface area contributed by atoms with Gasteiger partial charge in [0.15, 0.2) is 0 Å². The van der Waals surface area contributed by atoms with Gasteiger partial charge in [-0.15, -0.1) is 0 Å². The van der Waals surface area contributed by atoms with Crippen molar-refractivity contribution in [1.29, 1.82) is 0 Å². The quantitative estimate of drug-likeness (QED) is 0.566. The number of nitrogens with zero attached hydrogens (tertiary/aromatic N) is 4. The van der Waals surface area contributed by atoms with Crippen LogP contribution in [-0.2, 0) is 12.7 Å². The average molecular weight is 460 g/mol. The van der Waals surface area contributed by atoms with E-state index >= 15 is 0 Å². The highest BCUT2D eigenvalue weighted by atomic mass is 19.4. The predicted octanol–water partition coefficient (Wildman–Crippen LogP) is 3.25. The molecule has 7 nitrogen and oxygen atoms in total. The van der Waals surface area contributed by atoms with Crippen molar-refractivity contribution in [3.8, 4) is 5.69 Å². The molecule has 10 heteroatoms. The van der Waals surface area contributed by atoms with Gasteiger partial charge in [-0.1, -0.05) is 29.8 Å². The number of rotatable bonds is 6. The highest BCUT2D eigenvalue weighted by molar-refractivity contribution is 5.91. The molecule has 3 aromatic rings. The van der Waals surface area contributed by atoms with Crippen LogP contribution in [0.25, 0.3) is 5.69 Å². The predicted molar refractivity (Wildman–Crippen MR) is 117 cm³/mol. The minimum atomic E-state index is -4.51. The molecule has 0 unspecified atom stereocenters. The molecular formula is C23H23F3N4O3. The van der Waals surface area contributed by atoms with Crippen molar-refractivity contribution in [3.63, 3.8) is 0 Å². The minimum absolute atomic E-state index is 0.296. The lowest BCUT2D eigenvalue weighted by atomic mass is 10.1. The van der Waals surface area contributed by atoms with E-state index in [9.17, 15) is 27.6 Å². The second kappa shape index (κ2) is 9.43. The minimum Gasteiger partial charge on any atom is -0.338 e. The van der Waals surface area contributed by atoms with E-state index in [0.717, 1.165) is 26.9 Å². The molecule has 3 rings (SSSR count). The van der Waals surface area contributed by atoms with Crippen molar-refractivity contribution in [2.24, 2.45) is 0 Å². The highest BCUT2D eigenvalue weighted by Gasteiger charge is 2.30. The summed E-state index contributed by atoms with van der Waals surface area (Å²) < 4.78 is 40.4. The van der Waals surface area contributed by atoms with Crippen LogP contribution in [0.15, 0.2) is 58.1 Å². The number of carbonyl (C=O) groups excluding carboxylic acids is 1. The maximum Gasteiger partial charge on any atom is 0.416 e. The Morgan fingerprint density at radius 3 is 2.06 bits per heavy atom. The van der Waals surface area contributed by atoms with Crippen molar-refractivity contribution in [1.82, 2.24) is 19.2 Å². The number of hydrogen-bond donors (Lipinski definition) is 0. The third kappa shape index (κ3) is 5.05. The molecule has 1 amide bonds. The Morgan fingerprint density at radius 2 is 1.55 bits per heavy atom. The summed E-state index contributed by atoms with van der Waals surface area (Å²) in [5.41, 5.74) is -1.41. The van der Waals surface area contributed by atoms with Crippen LogP contribution in [-0.4, -0.2) is 38.2 Å². The van der Waals surface area contributed by atoms with E-state index in [0.29, 0.717) is 24.3 Å². The lowest BCUT2D eigenvalue weighted by Gasteiger charge is -2.19.